The first-order valence-corrected chi connectivity index (χ1v) is 13.6. The molecule has 214 valence electrons. The molecule has 42 heavy (non-hydrogen) atoms. The molecular formula is C31H29F2N7O2. The van der Waals surface area contributed by atoms with E-state index in [4.69, 9.17) is 20.6 Å². The molecule has 0 aliphatic carbocycles. The molecule has 0 radical (unpaired) electrons. The summed E-state index contributed by atoms with van der Waals surface area (Å²) in [5.74, 6) is -1.26. The normalized spacial score (nSPS) is 19.1. The van der Waals surface area contributed by atoms with Crippen LogP contribution >= 0.6 is 0 Å². The molecule has 0 bridgehead atoms. The molecule has 4 heterocycles. The zero-order valence-corrected chi connectivity index (χ0v) is 23.5. The van der Waals surface area contributed by atoms with Crippen LogP contribution in [0.3, 0.4) is 0 Å². The molecule has 2 N–H and O–H groups in total. The highest BCUT2D eigenvalue weighted by Crippen LogP contribution is 2.40. The van der Waals surface area contributed by atoms with Gasteiger partial charge in [-0.05, 0) is 75.7 Å². The van der Waals surface area contributed by atoms with Gasteiger partial charge in [-0.25, -0.2) is 23.4 Å². The number of hydrogen-bond donors (Lipinski definition) is 1. The van der Waals surface area contributed by atoms with E-state index in [-0.39, 0.29) is 23.6 Å². The third-order valence-corrected chi connectivity index (χ3v) is 7.45. The number of allylic oxidation sites excluding steroid dienone is 3. The number of halogens is 2. The van der Waals surface area contributed by atoms with Crippen molar-refractivity contribution in [3.05, 3.63) is 89.9 Å². The molecule has 2 aliphatic rings. The molecule has 0 saturated carbocycles. The van der Waals surface area contributed by atoms with Gasteiger partial charge in [0.15, 0.2) is 17.2 Å². The molecule has 0 saturated heterocycles. The summed E-state index contributed by atoms with van der Waals surface area (Å²) in [6.45, 7) is 7.33. The molecule has 11 heteroatoms. The van der Waals surface area contributed by atoms with E-state index in [1.165, 1.54) is 24.5 Å². The lowest BCUT2D eigenvalue weighted by Crippen LogP contribution is -2.49. The van der Waals surface area contributed by atoms with E-state index in [0.29, 0.717) is 39.4 Å². The maximum Gasteiger partial charge on any atom is 0.242 e. The Kier molecular flexibility index (Phi) is 6.80. The fourth-order valence-electron chi connectivity index (χ4n) is 5.55. The highest BCUT2D eigenvalue weighted by Gasteiger charge is 2.44. The van der Waals surface area contributed by atoms with Crippen molar-refractivity contribution < 1.29 is 18.3 Å². The number of aliphatic imine (C=N–C) groups is 1. The summed E-state index contributed by atoms with van der Waals surface area (Å²) in [7, 11) is 0. The summed E-state index contributed by atoms with van der Waals surface area (Å²) in [5.41, 5.74) is 8.75. The third kappa shape index (κ3) is 4.60. The fourth-order valence-corrected chi connectivity index (χ4v) is 5.55. The molecule has 0 spiro atoms. The number of nitrogens with two attached hydrogens (primary N) is 1. The Hall–Kier alpha value is -4.93. The van der Waals surface area contributed by atoms with Gasteiger partial charge in [-0.15, -0.1) is 0 Å². The Bertz CT molecular complexity index is 1810. The lowest BCUT2D eigenvalue weighted by atomic mass is 9.84. The van der Waals surface area contributed by atoms with Crippen molar-refractivity contribution >= 4 is 28.6 Å². The molecule has 9 nitrogen and oxygen atoms in total. The summed E-state index contributed by atoms with van der Waals surface area (Å²) < 4.78 is 36.6. The Morgan fingerprint density at radius 3 is 2.62 bits per heavy atom. The van der Waals surface area contributed by atoms with Gasteiger partial charge in [-0.1, -0.05) is 18.2 Å². The summed E-state index contributed by atoms with van der Waals surface area (Å²) in [6.07, 6.45) is 6.55. The molecular weight excluding hydrogens is 540 g/mol. The van der Waals surface area contributed by atoms with Crippen molar-refractivity contribution in [3.8, 4) is 17.0 Å². The second-order valence-electron chi connectivity index (χ2n) is 10.7. The van der Waals surface area contributed by atoms with Crippen LogP contribution in [0.5, 0.6) is 5.75 Å². The molecule has 2 aromatic heterocycles. The minimum Gasteiger partial charge on any atom is -0.488 e. The van der Waals surface area contributed by atoms with Gasteiger partial charge in [0.2, 0.25) is 5.91 Å². The quantitative estimate of drug-likeness (QED) is 0.325. The molecule has 0 fully saturated rings. The Labute approximate surface area is 241 Å². The van der Waals surface area contributed by atoms with Gasteiger partial charge < -0.3 is 10.5 Å². The smallest absolute Gasteiger partial charge is 0.242 e. The highest BCUT2D eigenvalue weighted by atomic mass is 19.1. The summed E-state index contributed by atoms with van der Waals surface area (Å²) in [4.78, 5) is 29.2. The van der Waals surface area contributed by atoms with Crippen LogP contribution in [0.25, 0.3) is 22.3 Å². The molecule has 4 aromatic rings. The number of amides is 1. The predicted octanol–water partition coefficient (Wildman–Crippen LogP) is 5.57. The van der Waals surface area contributed by atoms with Crippen LogP contribution in [0, 0.1) is 11.6 Å². The van der Waals surface area contributed by atoms with Crippen LogP contribution < -0.4 is 10.5 Å². The number of carbonyl (C=O) groups is 1. The number of nitrogen functional groups attached to an aromatic ring is 1. The van der Waals surface area contributed by atoms with E-state index in [0.717, 1.165) is 0 Å². The average Bonchev–Trinajstić information content (AvgIpc) is 3.34. The van der Waals surface area contributed by atoms with Gasteiger partial charge in [-0.3, -0.25) is 14.7 Å². The van der Waals surface area contributed by atoms with Gasteiger partial charge in [-0.2, -0.15) is 5.10 Å². The highest BCUT2D eigenvalue weighted by molar-refractivity contribution is 6.10. The second kappa shape index (κ2) is 10.5. The van der Waals surface area contributed by atoms with Crippen molar-refractivity contribution in [3.63, 3.8) is 0 Å². The molecule has 1 amide bonds. The fraction of sp³-hybridized carbons (Fsp3) is 0.258. The molecule has 6 rings (SSSR count). The second-order valence-corrected chi connectivity index (χ2v) is 10.7. The number of nitrogens with zero attached hydrogens (tertiary/aromatic N) is 6. The number of amidine groups is 1. The minimum absolute atomic E-state index is 0.124. The van der Waals surface area contributed by atoms with E-state index in [9.17, 15) is 9.18 Å². The van der Waals surface area contributed by atoms with Gasteiger partial charge in [0.1, 0.15) is 29.5 Å². The first-order chi connectivity index (χ1) is 20.1. The Morgan fingerprint density at radius 1 is 1.07 bits per heavy atom. The van der Waals surface area contributed by atoms with Crippen LogP contribution in [0.1, 0.15) is 45.2 Å². The lowest BCUT2D eigenvalue weighted by Gasteiger charge is -2.39. The third-order valence-electron chi connectivity index (χ3n) is 7.45. The summed E-state index contributed by atoms with van der Waals surface area (Å²) in [5, 5.41) is 5.29. The standard InChI is InChI=1S/C31H29F2N7O2/c1-16(2)42-23-12-11-20(14-22(23)33)28-26-29(34)35-15-36-30(26)40(38-28)18(4)27-25(19-8-6-9-21(32)13-19)31(41)39-17(3)7-5-10-24(39)37-27/h5-16,18,25,27H,1-4H3,(H2,34,35,36)/t18-,25?,27?/m1/s1. The van der Waals surface area contributed by atoms with E-state index < -0.39 is 29.6 Å². The first-order valence-electron chi connectivity index (χ1n) is 13.6. The number of fused-ring (bicyclic) bond motifs is 2. The van der Waals surface area contributed by atoms with E-state index in [1.807, 2.05) is 39.8 Å². The van der Waals surface area contributed by atoms with Crippen molar-refractivity contribution in [2.75, 3.05) is 5.73 Å². The zero-order chi connectivity index (χ0) is 29.7. The summed E-state index contributed by atoms with van der Waals surface area (Å²) >= 11 is 0. The van der Waals surface area contributed by atoms with E-state index >= 15 is 4.39 Å². The summed E-state index contributed by atoms with van der Waals surface area (Å²) in [6, 6.07) is 9.33. The van der Waals surface area contributed by atoms with Crippen molar-refractivity contribution in [2.24, 2.45) is 4.99 Å². The van der Waals surface area contributed by atoms with Crippen molar-refractivity contribution in [2.45, 2.75) is 51.8 Å². The monoisotopic (exact) mass is 569 g/mol. The Balaban J connectivity index is 1.51. The van der Waals surface area contributed by atoms with Crippen LogP contribution in [-0.4, -0.2) is 48.5 Å². The van der Waals surface area contributed by atoms with Crippen LogP contribution in [-0.2, 0) is 4.79 Å². The van der Waals surface area contributed by atoms with Gasteiger partial charge in [0, 0.05) is 11.3 Å². The number of hydrogen-bond acceptors (Lipinski definition) is 7. The molecule has 2 aliphatic heterocycles. The lowest BCUT2D eigenvalue weighted by molar-refractivity contribution is -0.129. The number of benzene rings is 2. The average molecular weight is 570 g/mol. The van der Waals surface area contributed by atoms with E-state index in [2.05, 4.69) is 9.97 Å². The molecule has 3 atom stereocenters. The topological polar surface area (TPSA) is 112 Å². The number of aromatic nitrogens is 4. The number of anilines is 1. The first kappa shape index (κ1) is 27.3. The number of carbonyl (C=O) groups excluding carboxylic acids is 1. The zero-order valence-electron chi connectivity index (χ0n) is 23.5. The van der Waals surface area contributed by atoms with Gasteiger partial charge in [0.25, 0.3) is 0 Å². The number of ether oxygens (including phenoxy) is 1. The maximum absolute atomic E-state index is 15.0. The Morgan fingerprint density at radius 2 is 1.88 bits per heavy atom. The predicted molar refractivity (Wildman–Crippen MR) is 156 cm³/mol. The van der Waals surface area contributed by atoms with Gasteiger partial charge in [0.05, 0.1) is 29.5 Å². The molecule has 2 aromatic carbocycles. The van der Waals surface area contributed by atoms with Crippen LogP contribution in [0.15, 0.2) is 77.7 Å². The number of rotatable bonds is 6. The van der Waals surface area contributed by atoms with Crippen molar-refractivity contribution in [1.82, 2.24) is 24.6 Å². The van der Waals surface area contributed by atoms with Gasteiger partial charge >= 0.3 is 0 Å². The van der Waals surface area contributed by atoms with Crippen LogP contribution in [0.2, 0.25) is 0 Å². The van der Waals surface area contributed by atoms with E-state index in [1.54, 1.807) is 39.9 Å². The van der Waals surface area contributed by atoms with Crippen molar-refractivity contribution in [1.29, 1.82) is 0 Å². The van der Waals surface area contributed by atoms with Crippen LogP contribution in [0.4, 0.5) is 14.6 Å². The molecule has 2 unspecified atom stereocenters. The maximum atomic E-state index is 15.0. The SMILES string of the molecule is CC1=CC=CC2=NC([C@@H](C)n3nc(-c4ccc(OC(C)C)c(F)c4)c4c(N)ncnc43)C(c3cccc(F)c3)C(=O)N12. The largest absolute Gasteiger partial charge is 0.488 e. The minimum atomic E-state index is -0.818.